The predicted molar refractivity (Wildman–Crippen MR) is 117 cm³/mol. The lowest BCUT2D eigenvalue weighted by atomic mass is 10.1. The quantitative estimate of drug-likeness (QED) is 0.446. The molecule has 4 rings (SSSR count). The Balaban J connectivity index is 1.42. The first-order valence-corrected chi connectivity index (χ1v) is 10.4. The Bertz CT molecular complexity index is 1200. The highest BCUT2D eigenvalue weighted by Crippen LogP contribution is 2.25. The Hall–Kier alpha value is -3.52. The van der Waals surface area contributed by atoms with Crippen LogP contribution in [-0.2, 0) is 9.53 Å². The van der Waals surface area contributed by atoms with Gasteiger partial charge in [0.15, 0.2) is 11.2 Å². The number of carbonyl (C=O) groups excluding carboxylic acids is 2. The van der Waals surface area contributed by atoms with E-state index >= 15 is 0 Å². The smallest absolute Gasteiger partial charge is 0.338 e. The highest BCUT2D eigenvalue weighted by atomic mass is 32.1. The maximum absolute atomic E-state index is 12.6. The fourth-order valence-electron chi connectivity index (χ4n) is 2.96. The number of ether oxygens (including phenoxy) is 1. The van der Waals surface area contributed by atoms with Crippen LogP contribution in [0.15, 0.2) is 54.2 Å². The minimum Gasteiger partial charge on any atom is -0.449 e. The van der Waals surface area contributed by atoms with Crippen molar-refractivity contribution in [2.75, 3.05) is 5.32 Å². The third kappa shape index (κ3) is 4.23. The van der Waals surface area contributed by atoms with Gasteiger partial charge in [0.2, 0.25) is 0 Å². The summed E-state index contributed by atoms with van der Waals surface area (Å²) in [7, 11) is 0. The molecule has 2 aromatic carbocycles. The van der Waals surface area contributed by atoms with Crippen molar-refractivity contribution in [1.82, 2.24) is 15.0 Å². The van der Waals surface area contributed by atoms with E-state index in [0.717, 1.165) is 22.3 Å². The third-order valence-electron chi connectivity index (χ3n) is 4.65. The molecule has 0 radical (unpaired) electrons. The molecule has 30 heavy (non-hydrogen) atoms. The van der Waals surface area contributed by atoms with Crippen molar-refractivity contribution in [2.45, 2.75) is 26.4 Å². The number of carbonyl (C=O) groups is 2. The second-order valence-corrected chi connectivity index (χ2v) is 7.69. The molecule has 1 amide bonds. The Morgan fingerprint density at radius 3 is 2.77 bits per heavy atom. The first-order valence-electron chi connectivity index (χ1n) is 9.51. The minimum atomic E-state index is -0.915. The average Bonchev–Trinajstić information content (AvgIpc) is 3.41. The summed E-state index contributed by atoms with van der Waals surface area (Å²) >= 11 is 1.33. The molecule has 8 heteroatoms. The number of fused-ring (bicyclic) bond motifs is 1. The van der Waals surface area contributed by atoms with Gasteiger partial charge in [-0.05, 0) is 31.5 Å². The number of anilines is 1. The molecule has 152 valence electrons. The molecular formula is C22H20N4O3S. The van der Waals surface area contributed by atoms with Crippen molar-refractivity contribution in [2.24, 2.45) is 0 Å². The molecule has 0 aliphatic heterocycles. The zero-order valence-corrected chi connectivity index (χ0v) is 17.3. The van der Waals surface area contributed by atoms with Gasteiger partial charge in [-0.25, -0.2) is 14.8 Å². The zero-order valence-electron chi connectivity index (χ0n) is 16.5. The highest BCUT2D eigenvalue weighted by Gasteiger charge is 2.23. The summed E-state index contributed by atoms with van der Waals surface area (Å²) in [6.45, 7) is 3.81. The molecule has 0 saturated carbocycles. The van der Waals surface area contributed by atoms with Gasteiger partial charge in [0.1, 0.15) is 0 Å². The molecule has 1 atom stereocenters. The number of hydrogen-bond donors (Lipinski definition) is 2. The summed E-state index contributed by atoms with van der Waals surface area (Å²) in [5.74, 6) is -0.966. The number of rotatable bonds is 6. The lowest BCUT2D eigenvalue weighted by Gasteiger charge is -2.15. The number of hydrogen-bond acceptors (Lipinski definition) is 6. The van der Waals surface area contributed by atoms with Gasteiger partial charge >= 0.3 is 5.97 Å². The standard InChI is InChI=1S/C22H20N4O3S/c1-3-19(29-21(28)15-8-9-16-17(10-15)24-12-23-16)20(27)26-22-25-18(11-30-22)14-6-4-13(2)5-7-14/h4-12,19H,3H2,1-2H3,(H,23,24)(H,25,26,27). The Labute approximate surface area is 177 Å². The molecule has 0 aliphatic rings. The number of H-pyrrole nitrogens is 1. The molecule has 4 aromatic rings. The van der Waals surface area contributed by atoms with E-state index in [-0.39, 0.29) is 0 Å². The molecule has 2 aromatic heterocycles. The van der Waals surface area contributed by atoms with Gasteiger partial charge in [0.25, 0.3) is 5.91 Å². The Morgan fingerprint density at radius 2 is 2.00 bits per heavy atom. The number of thiazole rings is 1. The highest BCUT2D eigenvalue weighted by molar-refractivity contribution is 7.14. The second kappa shape index (κ2) is 8.46. The van der Waals surface area contributed by atoms with Crippen molar-refractivity contribution < 1.29 is 14.3 Å². The van der Waals surface area contributed by atoms with Crippen LogP contribution in [0.4, 0.5) is 5.13 Å². The van der Waals surface area contributed by atoms with Gasteiger partial charge in [0, 0.05) is 10.9 Å². The molecule has 0 saturated heterocycles. The predicted octanol–water partition coefficient (Wildman–Crippen LogP) is 4.57. The Morgan fingerprint density at radius 1 is 1.20 bits per heavy atom. The van der Waals surface area contributed by atoms with Gasteiger partial charge < -0.3 is 9.72 Å². The minimum absolute atomic E-state index is 0.347. The van der Waals surface area contributed by atoms with Crippen LogP contribution in [0.5, 0.6) is 0 Å². The van der Waals surface area contributed by atoms with Crippen LogP contribution in [0.1, 0.15) is 29.3 Å². The van der Waals surface area contributed by atoms with E-state index in [4.69, 9.17) is 4.74 Å². The van der Waals surface area contributed by atoms with Crippen LogP contribution in [0.3, 0.4) is 0 Å². The van der Waals surface area contributed by atoms with Crippen molar-refractivity contribution in [3.8, 4) is 11.3 Å². The third-order valence-corrected chi connectivity index (χ3v) is 5.41. The first-order chi connectivity index (χ1) is 14.5. The van der Waals surface area contributed by atoms with Gasteiger partial charge in [-0.2, -0.15) is 0 Å². The fraction of sp³-hybridized carbons (Fsp3) is 0.182. The topological polar surface area (TPSA) is 97.0 Å². The van der Waals surface area contributed by atoms with Crippen molar-refractivity contribution in [3.63, 3.8) is 0 Å². The molecule has 7 nitrogen and oxygen atoms in total. The van der Waals surface area contributed by atoms with Crippen molar-refractivity contribution >= 4 is 39.4 Å². The molecule has 0 aliphatic carbocycles. The van der Waals surface area contributed by atoms with Crippen LogP contribution in [0, 0.1) is 6.92 Å². The van der Waals surface area contributed by atoms with Crippen LogP contribution < -0.4 is 5.32 Å². The molecular weight excluding hydrogens is 400 g/mol. The maximum atomic E-state index is 12.6. The van der Waals surface area contributed by atoms with Crippen LogP contribution in [0.2, 0.25) is 0 Å². The number of nitrogens with zero attached hydrogens (tertiary/aromatic N) is 2. The normalized spacial score (nSPS) is 11.9. The lowest BCUT2D eigenvalue weighted by Crippen LogP contribution is -2.32. The van der Waals surface area contributed by atoms with Gasteiger partial charge in [-0.15, -0.1) is 11.3 Å². The number of imidazole rings is 1. The summed E-state index contributed by atoms with van der Waals surface area (Å²) in [5, 5.41) is 5.10. The molecule has 0 spiro atoms. The molecule has 1 unspecified atom stereocenters. The summed E-state index contributed by atoms with van der Waals surface area (Å²) in [4.78, 5) is 36.7. The van der Waals surface area contributed by atoms with Crippen LogP contribution >= 0.6 is 11.3 Å². The number of aryl methyl sites for hydroxylation is 1. The monoisotopic (exact) mass is 420 g/mol. The first kappa shape index (κ1) is 19.8. The van der Waals surface area contributed by atoms with Crippen molar-refractivity contribution in [3.05, 3.63) is 65.3 Å². The van der Waals surface area contributed by atoms with Gasteiger partial charge in [-0.1, -0.05) is 36.8 Å². The number of esters is 1. The van der Waals surface area contributed by atoms with Gasteiger partial charge in [0.05, 0.1) is 28.6 Å². The number of aromatic nitrogens is 3. The molecule has 0 bridgehead atoms. The van der Waals surface area contributed by atoms with E-state index in [1.807, 2.05) is 36.6 Å². The van der Waals surface area contributed by atoms with Crippen LogP contribution in [-0.4, -0.2) is 32.9 Å². The SMILES string of the molecule is CCC(OC(=O)c1ccc2nc[nH]c2c1)C(=O)Nc1nc(-c2ccc(C)cc2)cs1. The number of nitrogens with one attached hydrogen (secondary N) is 2. The number of amides is 1. The largest absolute Gasteiger partial charge is 0.449 e. The zero-order chi connectivity index (χ0) is 21.1. The Kier molecular flexibility index (Phi) is 5.58. The summed E-state index contributed by atoms with van der Waals surface area (Å²) in [5.41, 5.74) is 4.77. The number of benzene rings is 2. The van der Waals surface area contributed by atoms with Crippen molar-refractivity contribution in [1.29, 1.82) is 0 Å². The summed E-state index contributed by atoms with van der Waals surface area (Å²) in [6, 6.07) is 13.0. The van der Waals surface area contributed by atoms with E-state index in [9.17, 15) is 9.59 Å². The second-order valence-electron chi connectivity index (χ2n) is 6.83. The molecule has 0 fully saturated rings. The molecule has 2 heterocycles. The number of aromatic amines is 1. The van der Waals surface area contributed by atoms with E-state index in [1.54, 1.807) is 31.5 Å². The summed E-state index contributed by atoms with van der Waals surface area (Å²) in [6.07, 6.45) is 0.989. The lowest BCUT2D eigenvalue weighted by molar-refractivity contribution is -0.124. The average molecular weight is 420 g/mol. The summed E-state index contributed by atoms with van der Waals surface area (Å²) < 4.78 is 5.44. The van der Waals surface area contributed by atoms with E-state index in [1.165, 1.54) is 16.9 Å². The van der Waals surface area contributed by atoms with Crippen LogP contribution in [0.25, 0.3) is 22.3 Å². The van der Waals surface area contributed by atoms with E-state index in [2.05, 4.69) is 20.3 Å². The van der Waals surface area contributed by atoms with E-state index in [0.29, 0.717) is 17.1 Å². The molecule has 2 N–H and O–H groups in total. The fourth-order valence-corrected chi connectivity index (χ4v) is 3.68. The van der Waals surface area contributed by atoms with Gasteiger partial charge in [-0.3, -0.25) is 10.1 Å². The maximum Gasteiger partial charge on any atom is 0.338 e. The van der Waals surface area contributed by atoms with E-state index < -0.39 is 18.0 Å².